The van der Waals surface area contributed by atoms with Gasteiger partial charge < -0.3 is 15.5 Å². The fourth-order valence-corrected chi connectivity index (χ4v) is 2.70. The summed E-state index contributed by atoms with van der Waals surface area (Å²) < 4.78 is 0. The van der Waals surface area contributed by atoms with Crippen molar-refractivity contribution >= 4 is 28.8 Å². The zero-order valence-electron chi connectivity index (χ0n) is 11.0. The highest BCUT2D eigenvalue weighted by Gasteiger charge is 2.20. The van der Waals surface area contributed by atoms with Crippen LogP contribution in [0.15, 0.2) is 36.8 Å². The maximum Gasteiger partial charge on any atom is 0.147 e. The highest BCUT2D eigenvalue weighted by atomic mass is 35.5. The minimum absolute atomic E-state index is 0.698. The number of pyridine rings is 2. The van der Waals surface area contributed by atoms with Crippen LogP contribution in [0.2, 0.25) is 5.02 Å². The van der Waals surface area contributed by atoms with E-state index in [0.29, 0.717) is 5.02 Å². The molecule has 3 heterocycles. The summed E-state index contributed by atoms with van der Waals surface area (Å²) in [5, 5.41) is 0.698. The van der Waals surface area contributed by atoms with Crippen LogP contribution in [-0.4, -0.2) is 36.1 Å². The second kappa shape index (κ2) is 5.54. The fraction of sp³-hybridized carbons (Fsp3) is 0.286. The van der Waals surface area contributed by atoms with Crippen LogP contribution in [0, 0.1) is 0 Å². The summed E-state index contributed by atoms with van der Waals surface area (Å²) in [5.41, 5.74) is 7.74. The van der Waals surface area contributed by atoms with Crippen LogP contribution >= 0.6 is 11.6 Å². The molecule has 1 saturated heterocycles. The number of nitrogen functional groups attached to an aromatic ring is 1. The largest absolute Gasteiger partial charge is 0.396 e. The molecule has 20 heavy (non-hydrogen) atoms. The number of nitrogens with two attached hydrogens (primary N) is 1. The van der Waals surface area contributed by atoms with Crippen LogP contribution < -0.4 is 15.5 Å². The molecular weight excluding hydrogens is 274 g/mol. The Balaban J connectivity index is 1.72. The second-order valence-electron chi connectivity index (χ2n) is 4.72. The van der Waals surface area contributed by atoms with E-state index in [-0.39, 0.29) is 0 Å². The molecule has 0 unspecified atom stereocenters. The minimum Gasteiger partial charge on any atom is -0.396 e. The topological polar surface area (TPSA) is 58.3 Å². The van der Waals surface area contributed by atoms with Crippen LogP contribution in [0.4, 0.5) is 17.2 Å². The predicted octanol–water partition coefficient (Wildman–Crippen LogP) is 2.04. The summed E-state index contributed by atoms with van der Waals surface area (Å²) in [4.78, 5) is 12.9. The molecule has 0 aliphatic carbocycles. The van der Waals surface area contributed by atoms with Crippen LogP contribution in [0.5, 0.6) is 0 Å². The van der Waals surface area contributed by atoms with Crippen molar-refractivity contribution in [3.05, 3.63) is 41.8 Å². The van der Waals surface area contributed by atoms with E-state index >= 15 is 0 Å². The van der Waals surface area contributed by atoms with Gasteiger partial charge >= 0.3 is 0 Å². The molecule has 1 aliphatic heterocycles. The van der Waals surface area contributed by atoms with Gasteiger partial charge in [-0.05, 0) is 18.2 Å². The van der Waals surface area contributed by atoms with Gasteiger partial charge in [-0.3, -0.25) is 4.98 Å². The van der Waals surface area contributed by atoms with Crippen LogP contribution in [0.3, 0.4) is 0 Å². The van der Waals surface area contributed by atoms with Crippen molar-refractivity contribution < 1.29 is 0 Å². The lowest BCUT2D eigenvalue weighted by molar-refractivity contribution is 0.648. The molecule has 0 aromatic carbocycles. The standard InChI is InChI=1S/C14H16ClN5/c15-11-2-1-4-18-14(11)20-8-6-19(7-9-20)13-3-5-17-10-12(13)16/h1-5,10H,6-9,16H2. The zero-order chi connectivity index (χ0) is 13.9. The van der Waals surface area contributed by atoms with E-state index in [0.717, 1.165) is 43.4 Å². The van der Waals surface area contributed by atoms with Gasteiger partial charge in [0.2, 0.25) is 0 Å². The average molecular weight is 290 g/mol. The maximum absolute atomic E-state index is 6.19. The molecule has 0 saturated carbocycles. The molecule has 1 fully saturated rings. The lowest BCUT2D eigenvalue weighted by Crippen LogP contribution is -2.47. The summed E-state index contributed by atoms with van der Waals surface area (Å²) in [6, 6.07) is 5.68. The average Bonchev–Trinajstić information content (AvgIpc) is 2.49. The number of halogens is 1. The maximum atomic E-state index is 6.19. The summed E-state index contributed by atoms with van der Waals surface area (Å²) in [5.74, 6) is 0.858. The van der Waals surface area contributed by atoms with E-state index < -0.39 is 0 Å². The van der Waals surface area contributed by atoms with E-state index in [1.54, 1.807) is 18.6 Å². The first-order valence-electron chi connectivity index (χ1n) is 6.55. The van der Waals surface area contributed by atoms with Crippen molar-refractivity contribution in [2.75, 3.05) is 41.7 Å². The molecule has 5 nitrogen and oxygen atoms in total. The Morgan fingerprint density at radius 3 is 2.50 bits per heavy atom. The molecule has 2 N–H and O–H groups in total. The van der Waals surface area contributed by atoms with Gasteiger partial charge in [0.25, 0.3) is 0 Å². The third-order valence-corrected chi connectivity index (χ3v) is 3.78. The van der Waals surface area contributed by atoms with Crippen molar-refractivity contribution in [1.82, 2.24) is 9.97 Å². The van der Waals surface area contributed by atoms with Crippen LogP contribution in [0.25, 0.3) is 0 Å². The van der Waals surface area contributed by atoms with Gasteiger partial charge in [0.15, 0.2) is 0 Å². The summed E-state index contributed by atoms with van der Waals surface area (Å²) in [6.45, 7) is 3.53. The number of aromatic nitrogens is 2. The van der Waals surface area contributed by atoms with E-state index in [4.69, 9.17) is 17.3 Å². The third kappa shape index (κ3) is 2.49. The lowest BCUT2D eigenvalue weighted by Gasteiger charge is -2.37. The molecule has 1 aliphatic rings. The third-order valence-electron chi connectivity index (χ3n) is 3.49. The number of hydrogen-bond acceptors (Lipinski definition) is 5. The van der Waals surface area contributed by atoms with E-state index in [2.05, 4.69) is 19.8 Å². The predicted molar refractivity (Wildman–Crippen MR) is 82.3 cm³/mol. The summed E-state index contributed by atoms with van der Waals surface area (Å²) >= 11 is 6.19. The van der Waals surface area contributed by atoms with Gasteiger partial charge in [0, 0.05) is 38.6 Å². The Labute approximate surface area is 123 Å². The smallest absolute Gasteiger partial charge is 0.147 e. The van der Waals surface area contributed by atoms with Gasteiger partial charge in [0.05, 0.1) is 22.6 Å². The molecule has 6 heteroatoms. The van der Waals surface area contributed by atoms with Gasteiger partial charge in [-0.1, -0.05) is 11.6 Å². The quantitative estimate of drug-likeness (QED) is 0.917. The molecule has 104 valence electrons. The summed E-state index contributed by atoms with van der Waals surface area (Å²) in [6.07, 6.45) is 5.24. The van der Waals surface area contributed by atoms with E-state index in [1.807, 2.05) is 18.2 Å². The highest BCUT2D eigenvalue weighted by molar-refractivity contribution is 6.32. The number of rotatable bonds is 2. The minimum atomic E-state index is 0.698. The van der Waals surface area contributed by atoms with Crippen LogP contribution in [-0.2, 0) is 0 Å². The molecule has 0 atom stereocenters. The first-order chi connectivity index (χ1) is 9.75. The Hall–Kier alpha value is -2.01. The molecule has 2 aromatic rings. The molecule has 2 aromatic heterocycles. The van der Waals surface area contributed by atoms with Crippen molar-refractivity contribution in [2.24, 2.45) is 0 Å². The van der Waals surface area contributed by atoms with Crippen molar-refractivity contribution in [3.8, 4) is 0 Å². The number of piperazine rings is 1. The van der Waals surface area contributed by atoms with Crippen LogP contribution in [0.1, 0.15) is 0 Å². The first-order valence-corrected chi connectivity index (χ1v) is 6.93. The molecule has 0 radical (unpaired) electrons. The van der Waals surface area contributed by atoms with Gasteiger partial charge in [-0.25, -0.2) is 4.98 Å². The Kier molecular flexibility index (Phi) is 3.60. The normalized spacial score (nSPS) is 15.4. The zero-order valence-corrected chi connectivity index (χ0v) is 11.8. The second-order valence-corrected chi connectivity index (χ2v) is 5.12. The first kappa shape index (κ1) is 13.0. The van der Waals surface area contributed by atoms with Crippen molar-refractivity contribution in [3.63, 3.8) is 0 Å². The van der Waals surface area contributed by atoms with Gasteiger partial charge in [-0.15, -0.1) is 0 Å². The number of anilines is 3. The molecule has 0 spiro atoms. The highest BCUT2D eigenvalue weighted by Crippen LogP contribution is 2.26. The van der Waals surface area contributed by atoms with Crippen molar-refractivity contribution in [1.29, 1.82) is 0 Å². The van der Waals surface area contributed by atoms with Crippen molar-refractivity contribution in [2.45, 2.75) is 0 Å². The monoisotopic (exact) mass is 289 g/mol. The van der Waals surface area contributed by atoms with Gasteiger partial charge in [-0.2, -0.15) is 0 Å². The molecule has 0 amide bonds. The van der Waals surface area contributed by atoms with Gasteiger partial charge in [0.1, 0.15) is 5.82 Å². The Morgan fingerprint density at radius 2 is 1.80 bits per heavy atom. The Morgan fingerprint density at radius 1 is 1.05 bits per heavy atom. The molecule has 0 bridgehead atoms. The Bertz CT molecular complexity index is 542. The summed E-state index contributed by atoms with van der Waals surface area (Å²) in [7, 11) is 0. The fourth-order valence-electron chi connectivity index (χ4n) is 2.46. The molecular formula is C14H16ClN5. The molecule has 3 rings (SSSR count). The van der Waals surface area contributed by atoms with E-state index in [1.165, 1.54) is 0 Å². The lowest BCUT2D eigenvalue weighted by atomic mass is 10.2. The van der Waals surface area contributed by atoms with E-state index in [9.17, 15) is 0 Å². The number of hydrogen-bond donors (Lipinski definition) is 1. The SMILES string of the molecule is Nc1cnccc1N1CCN(c2ncccc2Cl)CC1. The number of nitrogens with zero attached hydrogens (tertiary/aromatic N) is 4.